The van der Waals surface area contributed by atoms with E-state index >= 15 is 0 Å². The number of ether oxygens (including phenoxy) is 1. The van der Waals surface area contributed by atoms with Crippen molar-refractivity contribution in [3.8, 4) is 0 Å². The maximum absolute atomic E-state index is 11.5. The summed E-state index contributed by atoms with van der Waals surface area (Å²) in [5.74, 6) is 0.487. The Morgan fingerprint density at radius 1 is 1.60 bits per heavy atom. The van der Waals surface area contributed by atoms with Gasteiger partial charge in [-0.25, -0.2) is 4.79 Å². The first-order valence-corrected chi connectivity index (χ1v) is 5.55. The SMILES string of the molecule is C=C(C)C[C@@H]1C=C(CCC(C)C)C(=O)O1. The van der Waals surface area contributed by atoms with Crippen LogP contribution in [0, 0.1) is 5.92 Å². The summed E-state index contributed by atoms with van der Waals surface area (Å²) >= 11 is 0. The molecule has 2 nitrogen and oxygen atoms in total. The van der Waals surface area contributed by atoms with Gasteiger partial charge < -0.3 is 4.74 Å². The van der Waals surface area contributed by atoms with Crippen molar-refractivity contribution in [3.05, 3.63) is 23.8 Å². The van der Waals surface area contributed by atoms with E-state index in [-0.39, 0.29) is 12.1 Å². The van der Waals surface area contributed by atoms with Crippen LogP contribution in [0.1, 0.15) is 40.0 Å². The molecule has 1 heterocycles. The van der Waals surface area contributed by atoms with Gasteiger partial charge in [-0.05, 0) is 31.8 Å². The van der Waals surface area contributed by atoms with E-state index in [0.29, 0.717) is 5.92 Å². The minimum atomic E-state index is -0.137. The summed E-state index contributed by atoms with van der Waals surface area (Å²) in [6.07, 6.45) is 4.51. The quantitative estimate of drug-likeness (QED) is 0.512. The number of carbonyl (C=O) groups excluding carboxylic acids is 1. The molecule has 1 rings (SSSR count). The number of esters is 1. The summed E-state index contributed by atoms with van der Waals surface area (Å²) in [5.41, 5.74) is 1.89. The fourth-order valence-corrected chi connectivity index (χ4v) is 1.61. The molecule has 0 N–H and O–H groups in total. The summed E-state index contributed by atoms with van der Waals surface area (Å²) in [5, 5.41) is 0. The summed E-state index contributed by atoms with van der Waals surface area (Å²) in [4.78, 5) is 11.5. The van der Waals surface area contributed by atoms with Gasteiger partial charge in [0, 0.05) is 12.0 Å². The van der Waals surface area contributed by atoms with Gasteiger partial charge in [0.2, 0.25) is 0 Å². The summed E-state index contributed by atoms with van der Waals surface area (Å²) in [6, 6.07) is 0. The van der Waals surface area contributed by atoms with Gasteiger partial charge in [-0.1, -0.05) is 26.0 Å². The molecule has 1 aliphatic heterocycles. The molecule has 0 aromatic heterocycles. The lowest BCUT2D eigenvalue weighted by molar-refractivity contribution is -0.139. The Morgan fingerprint density at radius 2 is 2.27 bits per heavy atom. The molecule has 0 aromatic rings. The van der Waals surface area contributed by atoms with Gasteiger partial charge in [-0.2, -0.15) is 0 Å². The van der Waals surface area contributed by atoms with Crippen molar-refractivity contribution >= 4 is 5.97 Å². The summed E-state index contributed by atoms with van der Waals surface area (Å²) in [7, 11) is 0. The van der Waals surface area contributed by atoms with Gasteiger partial charge in [-0.15, -0.1) is 0 Å². The zero-order valence-electron chi connectivity index (χ0n) is 9.88. The number of hydrogen-bond donors (Lipinski definition) is 0. The van der Waals surface area contributed by atoms with Crippen LogP contribution in [0.25, 0.3) is 0 Å². The molecule has 0 fully saturated rings. The molecule has 1 atom stereocenters. The van der Waals surface area contributed by atoms with Gasteiger partial charge in [-0.3, -0.25) is 0 Å². The number of cyclic esters (lactones) is 1. The smallest absolute Gasteiger partial charge is 0.334 e. The minimum absolute atomic E-state index is 0.0721. The monoisotopic (exact) mass is 208 g/mol. The molecule has 2 heteroatoms. The van der Waals surface area contributed by atoms with Gasteiger partial charge in [0.25, 0.3) is 0 Å². The molecular formula is C13H20O2. The molecule has 0 aromatic carbocycles. The van der Waals surface area contributed by atoms with Crippen LogP contribution in [0.3, 0.4) is 0 Å². The summed E-state index contributed by atoms with van der Waals surface area (Å²) < 4.78 is 5.22. The molecule has 0 radical (unpaired) electrons. The Bertz CT molecular complexity index is 287. The van der Waals surface area contributed by atoms with E-state index in [4.69, 9.17) is 4.74 Å². The molecule has 84 valence electrons. The van der Waals surface area contributed by atoms with Gasteiger partial charge in [0.1, 0.15) is 6.10 Å². The molecule has 15 heavy (non-hydrogen) atoms. The first kappa shape index (κ1) is 12.0. The van der Waals surface area contributed by atoms with E-state index in [2.05, 4.69) is 20.4 Å². The van der Waals surface area contributed by atoms with Gasteiger partial charge >= 0.3 is 5.97 Å². The van der Waals surface area contributed by atoms with E-state index in [9.17, 15) is 4.79 Å². The van der Waals surface area contributed by atoms with Crippen LogP contribution in [0.2, 0.25) is 0 Å². The van der Waals surface area contributed by atoms with E-state index in [1.165, 1.54) is 0 Å². The Morgan fingerprint density at radius 3 is 2.80 bits per heavy atom. The van der Waals surface area contributed by atoms with Crippen LogP contribution in [0.5, 0.6) is 0 Å². The zero-order valence-corrected chi connectivity index (χ0v) is 9.88. The maximum atomic E-state index is 11.5. The highest BCUT2D eigenvalue weighted by Gasteiger charge is 2.24. The maximum Gasteiger partial charge on any atom is 0.334 e. The van der Waals surface area contributed by atoms with Crippen molar-refractivity contribution in [3.63, 3.8) is 0 Å². The predicted molar refractivity (Wildman–Crippen MR) is 61.5 cm³/mol. The minimum Gasteiger partial charge on any atom is -0.454 e. The van der Waals surface area contributed by atoms with Crippen molar-refractivity contribution < 1.29 is 9.53 Å². The molecule has 0 saturated heterocycles. The highest BCUT2D eigenvalue weighted by Crippen LogP contribution is 2.23. The molecule has 1 aliphatic rings. The van der Waals surface area contributed by atoms with E-state index in [0.717, 1.165) is 30.4 Å². The molecular weight excluding hydrogens is 188 g/mol. The van der Waals surface area contributed by atoms with Crippen molar-refractivity contribution in [2.24, 2.45) is 5.92 Å². The lowest BCUT2D eigenvalue weighted by Gasteiger charge is -2.06. The Kier molecular flexibility index (Phi) is 4.13. The third kappa shape index (κ3) is 3.90. The van der Waals surface area contributed by atoms with Crippen LogP contribution in [-0.4, -0.2) is 12.1 Å². The van der Waals surface area contributed by atoms with Crippen LogP contribution in [0.4, 0.5) is 0 Å². The second-order valence-electron chi connectivity index (χ2n) is 4.73. The highest BCUT2D eigenvalue weighted by atomic mass is 16.5. The highest BCUT2D eigenvalue weighted by molar-refractivity contribution is 5.90. The third-order valence-corrected chi connectivity index (χ3v) is 2.45. The van der Waals surface area contributed by atoms with Crippen molar-refractivity contribution in [1.82, 2.24) is 0 Å². The second kappa shape index (κ2) is 5.15. The topological polar surface area (TPSA) is 26.3 Å². The number of hydrogen-bond acceptors (Lipinski definition) is 2. The molecule has 0 aliphatic carbocycles. The zero-order chi connectivity index (χ0) is 11.4. The van der Waals surface area contributed by atoms with Gasteiger partial charge in [0.15, 0.2) is 0 Å². The average molecular weight is 208 g/mol. The Hall–Kier alpha value is -1.05. The van der Waals surface area contributed by atoms with Crippen LogP contribution >= 0.6 is 0 Å². The predicted octanol–water partition coefficient (Wildman–Crippen LogP) is 3.24. The van der Waals surface area contributed by atoms with Crippen molar-refractivity contribution in [2.75, 3.05) is 0 Å². The van der Waals surface area contributed by atoms with Crippen molar-refractivity contribution in [1.29, 1.82) is 0 Å². The standard InChI is InChI=1S/C13H20O2/c1-9(2)5-6-11-8-12(7-10(3)4)15-13(11)14/h8-9,12H,3,5-7H2,1-2,4H3/t12-/m1/s1. The van der Waals surface area contributed by atoms with Crippen molar-refractivity contribution in [2.45, 2.75) is 46.1 Å². The van der Waals surface area contributed by atoms with E-state index in [1.54, 1.807) is 0 Å². The summed E-state index contributed by atoms with van der Waals surface area (Å²) in [6.45, 7) is 10.1. The number of rotatable bonds is 5. The van der Waals surface area contributed by atoms with Gasteiger partial charge in [0.05, 0.1) is 0 Å². The first-order chi connectivity index (χ1) is 6.99. The fraction of sp³-hybridized carbons (Fsp3) is 0.615. The van der Waals surface area contributed by atoms with Crippen LogP contribution < -0.4 is 0 Å². The lowest BCUT2D eigenvalue weighted by atomic mass is 10.0. The molecule has 0 saturated carbocycles. The van der Waals surface area contributed by atoms with Crippen LogP contribution in [-0.2, 0) is 9.53 Å². The number of carbonyl (C=O) groups is 1. The largest absolute Gasteiger partial charge is 0.454 e. The normalized spacial score (nSPS) is 20.4. The van der Waals surface area contributed by atoms with E-state index < -0.39 is 0 Å². The lowest BCUT2D eigenvalue weighted by Crippen LogP contribution is -2.08. The van der Waals surface area contributed by atoms with E-state index in [1.807, 2.05) is 13.0 Å². The third-order valence-electron chi connectivity index (χ3n) is 2.45. The Labute approximate surface area is 92.0 Å². The first-order valence-electron chi connectivity index (χ1n) is 5.55. The average Bonchev–Trinajstić information content (AvgIpc) is 2.41. The molecule has 0 unspecified atom stereocenters. The molecule has 0 bridgehead atoms. The Balaban J connectivity index is 2.49. The fourth-order valence-electron chi connectivity index (χ4n) is 1.61. The molecule has 0 amide bonds. The molecule has 0 spiro atoms. The van der Waals surface area contributed by atoms with Crippen LogP contribution in [0.15, 0.2) is 23.8 Å². The second-order valence-corrected chi connectivity index (χ2v) is 4.73.